The van der Waals surface area contributed by atoms with E-state index < -0.39 is 18.1 Å². The average molecular weight is 369 g/mol. The van der Waals surface area contributed by atoms with E-state index >= 15 is 0 Å². The first-order chi connectivity index (χ1) is 12.9. The summed E-state index contributed by atoms with van der Waals surface area (Å²) in [5.41, 5.74) is 1.03. The third kappa shape index (κ3) is 4.46. The van der Waals surface area contributed by atoms with Crippen LogP contribution >= 0.6 is 0 Å². The van der Waals surface area contributed by atoms with E-state index in [0.717, 1.165) is 5.56 Å². The van der Waals surface area contributed by atoms with Crippen LogP contribution in [0.15, 0.2) is 54.6 Å². The second kappa shape index (κ2) is 7.80. The molecule has 142 valence electrons. The number of carboxylic acids is 1. The maximum absolute atomic E-state index is 13.2. The summed E-state index contributed by atoms with van der Waals surface area (Å²) in [6, 6.07) is 16.4. The Hall–Kier alpha value is -2.86. The summed E-state index contributed by atoms with van der Waals surface area (Å²) in [4.78, 5) is 25.7. The average Bonchev–Trinajstić information content (AvgIpc) is 2.66. The molecule has 0 spiro atoms. The van der Waals surface area contributed by atoms with Gasteiger partial charge in [0.15, 0.2) is 6.61 Å². The fraction of sp³-hybridized carbons (Fsp3) is 0.333. The molecule has 0 radical (unpaired) electrons. The lowest BCUT2D eigenvalue weighted by atomic mass is 9.97. The van der Waals surface area contributed by atoms with Crippen LogP contribution in [0.2, 0.25) is 0 Å². The molecule has 0 bridgehead atoms. The summed E-state index contributed by atoms with van der Waals surface area (Å²) in [7, 11) is 0. The van der Waals surface area contributed by atoms with Crippen LogP contribution in [0, 0.1) is 0 Å². The molecule has 0 aromatic heterocycles. The summed E-state index contributed by atoms with van der Waals surface area (Å²) in [5, 5.41) is 8.75. The van der Waals surface area contributed by atoms with E-state index in [4.69, 9.17) is 14.6 Å². The first-order valence-electron chi connectivity index (χ1n) is 8.80. The Morgan fingerprint density at radius 1 is 1.19 bits per heavy atom. The third-order valence-corrected chi connectivity index (χ3v) is 4.58. The number of hydrogen-bond donors (Lipinski definition) is 1. The number of morpholine rings is 1. The zero-order valence-corrected chi connectivity index (χ0v) is 15.4. The highest BCUT2D eigenvalue weighted by atomic mass is 16.5. The Morgan fingerprint density at radius 2 is 1.93 bits per heavy atom. The largest absolute Gasteiger partial charge is 0.482 e. The number of rotatable bonds is 5. The van der Waals surface area contributed by atoms with Gasteiger partial charge < -0.3 is 19.5 Å². The molecule has 6 heteroatoms. The van der Waals surface area contributed by atoms with Crippen molar-refractivity contribution < 1.29 is 24.2 Å². The highest BCUT2D eigenvalue weighted by Crippen LogP contribution is 2.31. The van der Waals surface area contributed by atoms with Gasteiger partial charge in [0.1, 0.15) is 11.9 Å². The lowest BCUT2D eigenvalue weighted by Gasteiger charge is -2.45. The maximum Gasteiger partial charge on any atom is 0.341 e. The summed E-state index contributed by atoms with van der Waals surface area (Å²) in [5.74, 6) is -0.842. The van der Waals surface area contributed by atoms with Crippen LogP contribution in [0.3, 0.4) is 0 Å². The molecule has 1 aliphatic heterocycles. The number of aliphatic carboxylic acids is 1. The molecule has 6 nitrogen and oxygen atoms in total. The van der Waals surface area contributed by atoms with Crippen molar-refractivity contribution in [2.75, 3.05) is 19.8 Å². The highest BCUT2D eigenvalue weighted by molar-refractivity contribution is 5.95. The van der Waals surface area contributed by atoms with E-state index in [1.807, 2.05) is 49.1 Å². The van der Waals surface area contributed by atoms with E-state index in [0.29, 0.717) is 24.5 Å². The molecule has 1 atom stereocenters. The van der Waals surface area contributed by atoms with Gasteiger partial charge in [0.05, 0.1) is 18.7 Å². The van der Waals surface area contributed by atoms with E-state index in [9.17, 15) is 9.59 Å². The third-order valence-electron chi connectivity index (χ3n) is 4.58. The number of carbonyl (C=O) groups excluding carboxylic acids is 1. The lowest BCUT2D eigenvalue weighted by molar-refractivity contribution is -0.139. The smallest absolute Gasteiger partial charge is 0.341 e. The second-order valence-electron chi connectivity index (χ2n) is 7.15. The van der Waals surface area contributed by atoms with Crippen LogP contribution < -0.4 is 4.74 Å². The molecular formula is C21H23NO5. The predicted molar refractivity (Wildman–Crippen MR) is 99.8 cm³/mol. The van der Waals surface area contributed by atoms with Gasteiger partial charge >= 0.3 is 5.97 Å². The summed E-state index contributed by atoms with van der Waals surface area (Å²) in [6.07, 6.45) is -0.186. The van der Waals surface area contributed by atoms with E-state index in [-0.39, 0.29) is 12.0 Å². The number of carbonyl (C=O) groups is 2. The lowest BCUT2D eigenvalue weighted by Crippen LogP contribution is -2.56. The minimum Gasteiger partial charge on any atom is -0.482 e. The SMILES string of the molecule is CC1(C)COC(c2ccccc2)CN1C(=O)c1cccc(OCC(=O)O)c1. The number of carboxylic acid groups (broad SMARTS) is 1. The molecule has 3 rings (SSSR count). The van der Waals surface area contributed by atoms with Crippen LogP contribution in [0.5, 0.6) is 5.75 Å². The van der Waals surface area contributed by atoms with Crippen LogP contribution in [0.25, 0.3) is 0 Å². The molecule has 0 saturated carbocycles. The van der Waals surface area contributed by atoms with E-state index in [2.05, 4.69) is 0 Å². The zero-order valence-electron chi connectivity index (χ0n) is 15.4. The van der Waals surface area contributed by atoms with Crippen molar-refractivity contribution in [3.8, 4) is 5.75 Å². The summed E-state index contributed by atoms with van der Waals surface area (Å²) < 4.78 is 11.2. The number of nitrogens with zero attached hydrogens (tertiary/aromatic N) is 1. The summed E-state index contributed by atoms with van der Waals surface area (Å²) >= 11 is 0. The first-order valence-corrected chi connectivity index (χ1v) is 8.80. The molecule has 1 saturated heterocycles. The minimum atomic E-state index is -1.06. The predicted octanol–water partition coefficient (Wildman–Crippen LogP) is 3.14. The van der Waals surface area contributed by atoms with E-state index in [1.165, 1.54) is 0 Å². The topological polar surface area (TPSA) is 76.1 Å². The molecular weight excluding hydrogens is 346 g/mol. The van der Waals surface area contributed by atoms with Crippen molar-refractivity contribution >= 4 is 11.9 Å². The number of ether oxygens (including phenoxy) is 2. The van der Waals surface area contributed by atoms with Gasteiger partial charge in [0.2, 0.25) is 0 Å². The quantitative estimate of drug-likeness (QED) is 0.876. The van der Waals surface area contributed by atoms with Gasteiger partial charge in [-0.15, -0.1) is 0 Å². The highest BCUT2D eigenvalue weighted by Gasteiger charge is 2.39. The normalized spacial score (nSPS) is 18.7. The van der Waals surface area contributed by atoms with Crippen LogP contribution in [-0.4, -0.2) is 47.2 Å². The molecule has 2 aromatic rings. The van der Waals surface area contributed by atoms with Gasteiger partial charge in [-0.3, -0.25) is 4.79 Å². The molecule has 1 aliphatic rings. The molecule has 1 N–H and O–H groups in total. The van der Waals surface area contributed by atoms with Crippen molar-refractivity contribution in [3.05, 3.63) is 65.7 Å². The minimum absolute atomic E-state index is 0.134. The monoisotopic (exact) mass is 369 g/mol. The molecule has 1 heterocycles. The van der Waals surface area contributed by atoms with Gasteiger partial charge in [-0.05, 0) is 37.6 Å². The van der Waals surface area contributed by atoms with Crippen molar-refractivity contribution in [2.24, 2.45) is 0 Å². The standard InChI is InChI=1S/C21H23NO5/c1-21(2)14-27-18(15-7-4-3-5-8-15)12-22(21)20(25)16-9-6-10-17(11-16)26-13-19(23)24/h3-11,18H,12-14H2,1-2H3,(H,23,24). The van der Waals surface area contributed by atoms with Crippen molar-refractivity contribution in [2.45, 2.75) is 25.5 Å². The van der Waals surface area contributed by atoms with Gasteiger partial charge in [0, 0.05) is 5.56 Å². The Balaban J connectivity index is 1.81. The Labute approximate surface area is 158 Å². The van der Waals surface area contributed by atoms with E-state index in [1.54, 1.807) is 24.3 Å². The van der Waals surface area contributed by atoms with Gasteiger partial charge in [-0.25, -0.2) is 4.79 Å². The summed E-state index contributed by atoms with van der Waals surface area (Å²) in [6.45, 7) is 4.36. The van der Waals surface area contributed by atoms with Crippen LogP contribution in [-0.2, 0) is 9.53 Å². The molecule has 1 amide bonds. The number of amides is 1. The molecule has 1 fully saturated rings. The molecule has 1 unspecified atom stereocenters. The first kappa shape index (κ1) is 18.9. The second-order valence-corrected chi connectivity index (χ2v) is 7.15. The Bertz CT molecular complexity index is 818. The molecule has 27 heavy (non-hydrogen) atoms. The fourth-order valence-electron chi connectivity index (χ4n) is 3.10. The Kier molecular flexibility index (Phi) is 5.46. The zero-order chi connectivity index (χ0) is 19.4. The maximum atomic E-state index is 13.2. The van der Waals surface area contributed by atoms with Gasteiger partial charge in [0.25, 0.3) is 5.91 Å². The molecule has 2 aromatic carbocycles. The fourth-order valence-corrected chi connectivity index (χ4v) is 3.10. The van der Waals surface area contributed by atoms with Gasteiger partial charge in [-0.1, -0.05) is 36.4 Å². The van der Waals surface area contributed by atoms with Crippen LogP contribution in [0.4, 0.5) is 0 Å². The van der Waals surface area contributed by atoms with Crippen molar-refractivity contribution in [1.82, 2.24) is 4.90 Å². The van der Waals surface area contributed by atoms with Crippen LogP contribution in [0.1, 0.15) is 35.9 Å². The number of hydrogen-bond acceptors (Lipinski definition) is 4. The van der Waals surface area contributed by atoms with Gasteiger partial charge in [-0.2, -0.15) is 0 Å². The Morgan fingerprint density at radius 3 is 2.63 bits per heavy atom. The van der Waals surface area contributed by atoms with Crippen molar-refractivity contribution in [1.29, 1.82) is 0 Å². The molecule has 0 aliphatic carbocycles. The van der Waals surface area contributed by atoms with Crippen molar-refractivity contribution in [3.63, 3.8) is 0 Å². The number of benzene rings is 2.